The van der Waals surface area contributed by atoms with E-state index < -0.39 is 12.2 Å². The average Bonchev–Trinajstić information content (AvgIpc) is 2.02. The summed E-state index contributed by atoms with van der Waals surface area (Å²) in [4.78, 5) is 3.73. The Labute approximate surface area is 83.9 Å². The number of hydrogen-bond acceptors (Lipinski definition) is 2. The summed E-state index contributed by atoms with van der Waals surface area (Å²) in [5, 5.41) is 0.351. The molecule has 1 aromatic rings. The van der Waals surface area contributed by atoms with Crippen molar-refractivity contribution in [2.45, 2.75) is 18.6 Å². The van der Waals surface area contributed by atoms with E-state index in [0.29, 0.717) is 5.02 Å². The van der Waals surface area contributed by atoms with Gasteiger partial charge in [0.05, 0.1) is 0 Å². The maximum atomic E-state index is 12.0. The molecule has 0 radical (unpaired) electrons. The maximum absolute atomic E-state index is 12.0. The van der Waals surface area contributed by atoms with Crippen LogP contribution in [-0.2, 0) is 6.42 Å². The molecular formula is C8H8ClF3N2. The zero-order valence-corrected chi connectivity index (χ0v) is 7.81. The van der Waals surface area contributed by atoms with Gasteiger partial charge in [0.1, 0.15) is 6.04 Å². The molecule has 1 atom stereocenters. The minimum absolute atomic E-state index is 0.238. The summed E-state index contributed by atoms with van der Waals surface area (Å²) in [5.74, 6) is 0. The van der Waals surface area contributed by atoms with Gasteiger partial charge in [-0.2, -0.15) is 13.2 Å². The first-order valence-electron chi connectivity index (χ1n) is 3.82. The smallest absolute Gasteiger partial charge is 0.320 e. The second-order valence-corrected chi connectivity index (χ2v) is 3.25. The van der Waals surface area contributed by atoms with Gasteiger partial charge in [0.15, 0.2) is 0 Å². The quantitative estimate of drug-likeness (QED) is 0.836. The Morgan fingerprint density at radius 2 is 2.14 bits per heavy atom. The van der Waals surface area contributed by atoms with Crippen LogP contribution in [0.1, 0.15) is 5.69 Å². The maximum Gasteiger partial charge on any atom is 0.404 e. The van der Waals surface area contributed by atoms with Gasteiger partial charge < -0.3 is 5.73 Å². The Hall–Kier alpha value is -0.810. The van der Waals surface area contributed by atoms with Gasteiger partial charge in [-0.3, -0.25) is 4.98 Å². The molecule has 0 saturated carbocycles. The van der Waals surface area contributed by atoms with E-state index in [-0.39, 0.29) is 12.1 Å². The van der Waals surface area contributed by atoms with Gasteiger partial charge in [-0.1, -0.05) is 11.6 Å². The van der Waals surface area contributed by atoms with E-state index in [1.165, 1.54) is 18.3 Å². The topological polar surface area (TPSA) is 38.9 Å². The highest BCUT2D eigenvalue weighted by Gasteiger charge is 2.36. The first-order chi connectivity index (χ1) is 6.39. The van der Waals surface area contributed by atoms with Crippen LogP contribution < -0.4 is 5.73 Å². The predicted octanol–water partition coefficient (Wildman–Crippen LogP) is 2.17. The van der Waals surface area contributed by atoms with Gasteiger partial charge in [0, 0.05) is 23.3 Å². The molecule has 1 rings (SSSR count). The predicted molar refractivity (Wildman–Crippen MR) is 47.0 cm³/mol. The number of nitrogens with zero attached hydrogens (tertiary/aromatic N) is 1. The van der Waals surface area contributed by atoms with Gasteiger partial charge in [-0.05, 0) is 12.1 Å². The fourth-order valence-corrected chi connectivity index (χ4v) is 1.08. The Bertz CT molecular complexity index is 314. The molecular weight excluding hydrogens is 217 g/mol. The van der Waals surface area contributed by atoms with Crippen molar-refractivity contribution in [1.29, 1.82) is 0 Å². The lowest BCUT2D eigenvalue weighted by molar-refractivity contribution is -0.147. The zero-order valence-electron chi connectivity index (χ0n) is 7.05. The SMILES string of the molecule is NC(Cc1cc(Cl)ccn1)C(F)(F)F. The molecule has 0 bridgehead atoms. The van der Waals surface area contributed by atoms with E-state index in [9.17, 15) is 13.2 Å². The molecule has 0 aliphatic carbocycles. The van der Waals surface area contributed by atoms with Gasteiger partial charge in [0.2, 0.25) is 0 Å². The summed E-state index contributed by atoms with van der Waals surface area (Å²) in [5.41, 5.74) is 5.16. The van der Waals surface area contributed by atoms with Crippen molar-refractivity contribution in [3.05, 3.63) is 29.0 Å². The summed E-state index contributed by atoms with van der Waals surface area (Å²) < 4.78 is 36.1. The number of rotatable bonds is 2. The summed E-state index contributed by atoms with van der Waals surface area (Å²) in [6.07, 6.45) is -3.41. The van der Waals surface area contributed by atoms with E-state index in [2.05, 4.69) is 4.98 Å². The molecule has 0 aliphatic heterocycles. The standard InChI is InChI=1S/C8H8ClF3N2/c9-5-1-2-14-6(3-5)4-7(13)8(10,11)12/h1-3,7H,4,13H2. The second-order valence-electron chi connectivity index (χ2n) is 2.82. The van der Waals surface area contributed by atoms with Crippen molar-refractivity contribution < 1.29 is 13.2 Å². The number of halogens is 4. The molecule has 78 valence electrons. The lowest BCUT2D eigenvalue weighted by Gasteiger charge is -2.14. The lowest BCUT2D eigenvalue weighted by Crippen LogP contribution is -2.39. The van der Waals surface area contributed by atoms with Crippen LogP contribution in [0.15, 0.2) is 18.3 Å². The first-order valence-corrected chi connectivity index (χ1v) is 4.20. The molecule has 0 aromatic carbocycles. The number of alkyl halides is 3. The van der Waals surface area contributed by atoms with Crippen LogP contribution in [0.4, 0.5) is 13.2 Å². The third-order valence-corrected chi connectivity index (χ3v) is 1.86. The molecule has 1 unspecified atom stereocenters. The molecule has 0 spiro atoms. The monoisotopic (exact) mass is 224 g/mol. The summed E-state index contributed by atoms with van der Waals surface area (Å²) >= 11 is 5.58. The molecule has 14 heavy (non-hydrogen) atoms. The molecule has 1 aromatic heterocycles. The van der Waals surface area contributed by atoms with E-state index in [0.717, 1.165) is 0 Å². The van der Waals surface area contributed by atoms with Crippen molar-refractivity contribution in [2.24, 2.45) is 5.73 Å². The molecule has 1 heterocycles. The number of aromatic nitrogens is 1. The summed E-state index contributed by atoms with van der Waals surface area (Å²) in [6, 6.07) is 0.964. The van der Waals surface area contributed by atoms with Crippen LogP contribution >= 0.6 is 11.6 Å². The minimum atomic E-state index is -4.40. The Morgan fingerprint density at radius 3 is 2.64 bits per heavy atom. The van der Waals surface area contributed by atoms with Gasteiger partial charge in [-0.25, -0.2) is 0 Å². The van der Waals surface area contributed by atoms with Crippen LogP contribution in [0.5, 0.6) is 0 Å². The lowest BCUT2D eigenvalue weighted by atomic mass is 10.1. The molecule has 2 N–H and O–H groups in total. The van der Waals surface area contributed by atoms with E-state index in [1.807, 2.05) is 0 Å². The third kappa shape index (κ3) is 3.16. The second kappa shape index (κ2) is 4.14. The Morgan fingerprint density at radius 1 is 1.50 bits per heavy atom. The first kappa shape index (κ1) is 11.3. The molecule has 6 heteroatoms. The zero-order chi connectivity index (χ0) is 10.8. The minimum Gasteiger partial charge on any atom is -0.320 e. The summed E-state index contributed by atoms with van der Waals surface area (Å²) in [7, 11) is 0. The van der Waals surface area contributed by atoms with Crippen LogP contribution in [0.25, 0.3) is 0 Å². The van der Waals surface area contributed by atoms with Crippen molar-refractivity contribution in [1.82, 2.24) is 4.98 Å². The highest BCUT2D eigenvalue weighted by molar-refractivity contribution is 6.30. The van der Waals surface area contributed by atoms with Crippen LogP contribution in [0, 0.1) is 0 Å². The molecule has 0 aliphatic rings. The largest absolute Gasteiger partial charge is 0.404 e. The Balaban J connectivity index is 2.70. The van der Waals surface area contributed by atoms with Crippen molar-refractivity contribution in [3.63, 3.8) is 0 Å². The van der Waals surface area contributed by atoms with E-state index in [1.54, 1.807) is 0 Å². The van der Waals surface area contributed by atoms with E-state index in [4.69, 9.17) is 17.3 Å². The number of hydrogen-bond donors (Lipinski definition) is 1. The van der Waals surface area contributed by atoms with Crippen molar-refractivity contribution in [3.8, 4) is 0 Å². The van der Waals surface area contributed by atoms with E-state index >= 15 is 0 Å². The molecule has 2 nitrogen and oxygen atoms in total. The third-order valence-electron chi connectivity index (χ3n) is 1.63. The molecule has 0 saturated heterocycles. The van der Waals surface area contributed by atoms with Gasteiger partial charge >= 0.3 is 6.18 Å². The van der Waals surface area contributed by atoms with Crippen molar-refractivity contribution in [2.75, 3.05) is 0 Å². The van der Waals surface area contributed by atoms with Crippen LogP contribution in [-0.4, -0.2) is 17.2 Å². The fourth-order valence-electron chi connectivity index (χ4n) is 0.901. The van der Waals surface area contributed by atoms with Crippen molar-refractivity contribution >= 4 is 11.6 Å². The summed E-state index contributed by atoms with van der Waals surface area (Å²) in [6.45, 7) is 0. The molecule has 0 fully saturated rings. The molecule has 0 amide bonds. The highest BCUT2D eigenvalue weighted by Crippen LogP contribution is 2.21. The average molecular weight is 225 g/mol. The normalized spacial score (nSPS) is 14.1. The number of nitrogens with two attached hydrogens (primary N) is 1. The van der Waals surface area contributed by atoms with Crippen LogP contribution in [0.3, 0.4) is 0 Å². The number of pyridine rings is 1. The van der Waals surface area contributed by atoms with Crippen LogP contribution in [0.2, 0.25) is 5.02 Å². The Kier molecular flexibility index (Phi) is 3.34. The van der Waals surface area contributed by atoms with Gasteiger partial charge in [0.25, 0.3) is 0 Å². The highest BCUT2D eigenvalue weighted by atomic mass is 35.5. The van der Waals surface area contributed by atoms with Gasteiger partial charge in [-0.15, -0.1) is 0 Å². The fraction of sp³-hybridized carbons (Fsp3) is 0.375.